The molecule has 0 aromatic carbocycles. The van der Waals surface area contributed by atoms with Gasteiger partial charge in [0.1, 0.15) is 0 Å². The van der Waals surface area contributed by atoms with Gasteiger partial charge in [0.2, 0.25) is 0 Å². The summed E-state index contributed by atoms with van der Waals surface area (Å²) in [5, 5.41) is 2.09. The number of aromatic nitrogens is 1. The lowest BCUT2D eigenvalue weighted by atomic mass is 10.3. The molecular formula is C11H11NOS. The molecule has 0 fully saturated rings. The zero-order valence-corrected chi connectivity index (χ0v) is 8.54. The fraction of sp³-hybridized carbons (Fsp3) is 0.182. The van der Waals surface area contributed by atoms with E-state index < -0.39 is 0 Å². The molecule has 2 aromatic heterocycles. The number of hydrogen-bond donors (Lipinski definition) is 0. The summed E-state index contributed by atoms with van der Waals surface area (Å²) >= 11 is 1.77. The molecule has 0 atom stereocenters. The van der Waals surface area contributed by atoms with Crippen LogP contribution in [-0.2, 0) is 13.0 Å². The van der Waals surface area contributed by atoms with E-state index in [1.807, 2.05) is 23.0 Å². The molecule has 3 heteroatoms. The Labute approximate surface area is 86.8 Å². The van der Waals surface area contributed by atoms with E-state index in [9.17, 15) is 4.79 Å². The summed E-state index contributed by atoms with van der Waals surface area (Å²) < 4.78 is 2.05. The van der Waals surface area contributed by atoms with E-state index in [1.165, 1.54) is 4.88 Å². The second-order valence-electron chi connectivity index (χ2n) is 3.13. The fourth-order valence-electron chi connectivity index (χ4n) is 1.36. The first kappa shape index (κ1) is 9.21. The maximum atomic E-state index is 10.4. The summed E-state index contributed by atoms with van der Waals surface area (Å²) in [5.41, 5.74) is 0.746. The van der Waals surface area contributed by atoms with Gasteiger partial charge in [-0.1, -0.05) is 6.07 Å². The predicted molar refractivity (Wildman–Crippen MR) is 57.8 cm³/mol. The van der Waals surface area contributed by atoms with E-state index in [0.717, 1.165) is 24.8 Å². The van der Waals surface area contributed by atoms with Crippen LogP contribution >= 0.6 is 11.3 Å². The van der Waals surface area contributed by atoms with Gasteiger partial charge in [0.25, 0.3) is 0 Å². The number of aryl methyl sites for hydroxylation is 2. The van der Waals surface area contributed by atoms with E-state index in [4.69, 9.17) is 0 Å². The number of carbonyl (C=O) groups excluding carboxylic acids is 1. The van der Waals surface area contributed by atoms with Crippen molar-refractivity contribution in [2.45, 2.75) is 13.0 Å². The normalized spacial score (nSPS) is 10.3. The third-order valence-corrected chi connectivity index (χ3v) is 3.04. The van der Waals surface area contributed by atoms with Gasteiger partial charge in [-0.15, -0.1) is 11.3 Å². The van der Waals surface area contributed by atoms with Gasteiger partial charge in [-0.3, -0.25) is 4.79 Å². The quantitative estimate of drug-likeness (QED) is 0.703. The van der Waals surface area contributed by atoms with Crippen LogP contribution in [0.2, 0.25) is 0 Å². The van der Waals surface area contributed by atoms with Gasteiger partial charge in [0, 0.05) is 29.4 Å². The monoisotopic (exact) mass is 205 g/mol. The van der Waals surface area contributed by atoms with Crippen LogP contribution in [0.1, 0.15) is 15.2 Å². The molecule has 0 aliphatic heterocycles. The minimum atomic E-state index is 0.746. The number of carbonyl (C=O) groups is 1. The number of aldehydes is 1. The van der Waals surface area contributed by atoms with Crippen LogP contribution < -0.4 is 0 Å². The van der Waals surface area contributed by atoms with Crippen molar-refractivity contribution in [1.82, 2.24) is 4.57 Å². The second kappa shape index (κ2) is 4.24. The first-order chi connectivity index (χ1) is 6.88. The van der Waals surface area contributed by atoms with Crippen LogP contribution in [0.4, 0.5) is 0 Å². The minimum absolute atomic E-state index is 0.746. The molecule has 2 aromatic rings. The first-order valence-electron chi connectivity index (χ1n) is 4.52. The maximum absolute atomic E-state index is 10.4. The fourth-order valence-corrected chi connectivity index (χ4v) is 2.06. The Bertz CT molecular complexity index is 403. The van der Waals surface area contributed by atoms with Crippen LogP contribution in [0.25, 0.3) is 0 Å². The molecule has 0 aliphatic rings. The Balaban J connectivity index is 1.95. The van der Waals surface area contributed by atoms with Crippen molar-refractivity contribution in [3.05, 3.63) is 46.4 Å². The summed E-state index contributed by atoms with van der Waals surface area (Å²) in [6.07, 6.45) is 5.73. The summed E-state index contributed by atoms with van der Waals surface area (Å²) in [4.78, 5) is 11.8. The van der Waals surface area contributed by atoms with Crippen molar-refractivity contribution >= 4 is 17.6 Å². The highest BCUT2D eigenvalue weighted by Crippen LogP contribution is 2.10. The molecule has 2 nitrogen and oxygen atoms in total. The predicted octanol–water partition coefficient (Wildman–Crippen LogP) is 2.60. The van der Waals surface area contributed by atoms with Gasteiger partial charge in [0.15, 0.2) is 6.29 Å². The van der Waals surface area contributed by atoms with Gasteiger partial charge in [-0.05, 0) is 23.9 Å². The summed E-state index contributed by atoms with van der Waals surface area (Å²) in [5.74, 6) is 0. The molecule has 0 spiro atoms. The number of thiophene rings is 1. The number of nitrogens with zero attached hydrogens (tertiary/aromatic N) is 1. The zero-order chi connectivity index (χ0) is 9.80. The molecule has 0 N–H and O–H groups in total. The molecular weight excluding hydrogens is 194 g/mol. The Morgan fingerprint density at radius 3 is 3.00 bits per heavy atom. The van der Waals surface area contributed by atoms with E-state index >= 15 is 0 Å². The topological polar surface area (TPSA) is 22.0 Å². The van der Waals surface area contributed by atoms with Gasteiger partial charge >= 0.3 is 0 Å². The Hall–Kier alpha value is -1.35. The van der Waals surface area contributed by atoms with Crippen LogP contribution in [0.15, 0.2) is 36.0 Å². The first-order valence-corrected chi connectivity index (χ1v) is 5.40. The smallest absolute Gasteiger partial charge is 0.151 e. The van der Waals surface area contributed by atoms with Gasteiger partial charge in [-0.25, -0.2) is 0 Å². The van der Waals surface area contributed by atoms with Crippen molar-refractivity contribution in [1.29, 1.82) is 0 Å². The molecule has 0 aliphatic carbocycles. The van der Waals surface area contributed by atoms with Crippen LogP contribution in [0, 0.1) is 0 Å². The zero-order valence-electron chi connectivity index (χ0n) is 7.72. The average Bonchev–Trinajstić information content (AvgIpc) is 2.86. The molecule has 0 bridgehead atoms. The van der Waals surface area contributed by atoms with Gasteiger partial charge in [-0.2, -0.15) is 0 Å². The summed E-state index contributed by atoms with van der Waals surface area (Å²) in [6.45, 7) is 0.939. The molecule has 0 amide bonds. The standard InChI is InChI=1S/C11H11NOS/c13-9-10-3-5-12(8-10)6-4-11-2-1-7-14-11/h1-3,5,7-9H,4,6H2. The highest BCUT2D eigenvalue weighted by Gasteiger charge is 1.96. The summed E-state index contributed by atoms with van der Waals surface area (Å²) in [6, 6.07) is 6.03. The van der Waals surface area contributed by atoms with E-state index in [2.05, 4.69) is 17.5 Å². The van der Waals surface area contributed by atoms with Gasteiger partial charge in [0.05, 0.1) is 0 Å². The third kappa shape index (κ3) is 2.12. The highest BCUT2D eigenvalue weighted by atomic mass is 32.1. The molecule has 0 saturated heterocycles. The van der Waals surface area contributed by atoms with Crippen molar-refractivity contribution < 1.29 is 4.79 Å². The molecule has 72 valence electrons. The molecule has 14 heavy (non-hydrogen) atoms. The average molecular weight is 205 g/mol. The molecule has 0 saturated carbocycles. The number of hydrogen-bond acceptors (Lipinski definition) is 2. The Morgan fingerprint density at radius 2 is 2.36 bits per heavy atom. The second-order valence-corrected chi connectivity index (χ2v) is 4.16. The van der Waals surface area contributed by atoms with E-state index in [0.29, 0.717) is 0 Å². The lowest BCUT2D eigenvalue weighted by molar-refractivity contribution is 0.112. The minimum Gasteiger partial charge on any atom is -0.353 e. The molecule has 0 unspecified atom stereocenters. The van der Waals surface area contributed by atoms with E-state index in [-0.39, 0.29) is 0 Å². The molecule has 2 rings (SSSR count). The van der Waals surface area contributed by atoms with Crippen LogP contribution in [0.5, 0.6) is 0 Å². The van der Waals surface area contributed by atoms with Crippen molar-refractivity contribution in [3.8, 4) is 0 Å². The summed E-state index contributed by atoms with van der Waals surface area (Å²) in [7, 11) is 0. The van der Waals surface area contributed by atoms with Crippen molar-refractivity contribution in [2.75, 3.05) is 0 Å². The van der Waals surface area contributed by atoms with Gasteiger partial charge < -0.3 is 4.57 Å². The highest BCUT2D eigenvalue weighted by molar-refractivity contribution is 7.09. The van der Waals surface area contributed by atoms with Crippen LogP contribution in [0.3, 0.4) is 0 Å². The van der Waals surface area contributed by atoms with E-state index in [1.54, 1.807) is 11.3 Å². The SMILES string of the molecule is O=Cc1ccn(CCc2cccs2)c1. The molecule has 2 heterocycles. The lowest BCUT2D eigenvalue weighted by Crippen LogP contribution is -1.96. The molecule has 0 radical (unpaired) electrons. The Kier molecular flexibility index (Phi) is 2.79. The maximum Gasteiger partial charge on any atom is 0.151 e. The number of rotatable bonds is 4. The van der Waals surface area contributed by atoms with Crippen molar-refractivity contribution in [3.63, 3.8) is 0 Å². The lowest BCUT2D eigenvalue weighted by Gasteiger charge is -1.99. The largest absolute Gasteiger partial charge is 0.353 e. The van der Waals surface area contributed by atoms with Crippen molar-refractivity contribution in [2.24, 2.45) is 0 Å². The third-order valence-electron chi connectivity index (χ3n) is 2.11. The Morgan fingerprint density at radius 1 is 1.43 bits per heavy atom. The van der Waals surface area contributed by atoms with Crippen LogP contribution in [-0.4, -0.2) is 10.9 Å².